The van der Waals surface area contributed by atoms with Crippen molar-refractivity contribution in [2.24, 2.45) is 0 Å². The molecule has 32 heavy (non-hydrogen) atoms. The lowest BCUT2D eigenvalue weighted by atomic mass is 10.1. The number of hydrogen-bond donors (Lipinski definition) is 2. The van der Waals surface area contributed by atoms with Crippen LogP contribution in [0.3, 0.4) is 0 Å². The van der Waals surface area contributed by atoms with Crippen molar-refractivity contribution in [3.8, 4) is 0 Å². The lowest BCUT2D eigenvalue weighted by Crippen LogP contribution is -2.15. The van der Waals surface area contributed by atoms with Crippen LogP contribution >= 0.6 is 23.2 Å². The van der Waals surface area contributed by atoms with Gasteiger partial charge in [-0.3, -0.25) is 29.8 Å². The zero-order valence-electron chi connectivity index (χ0n) is 15.9. The zero-order valence-corrected chi connectivity index (χ0v) is 17.4. The van der Waals surface area contributed by atoms with Crippen LogP contribution in [-0.4, -0.2) is 21.7 Å². The summed E-state index contributed by atoms with van der Waals surface area (Å²) in [4.78, 5) is 45.7. The summed E-state index contributed by atoms with van der Waals surface area (Å²) >= 11 is 11.5. The summed E-state index contributed by atoms with van der Waals surface area (Å²) < 4.78 is 0. The highest BCUT2D eigenvalue weighted by atomic mass is 35.5. The molecule has 0 spiro atoms. The van der Waals surface area contributed by atoms with Gasteiger partial charge in [0.25, 0.3) is 23.2 Å². The summed E-state index contributed by atoms with van der Waals surface area (Å²) in [6.07, 6.45) is 0. The van der Waals surface area contributed by atoms with Gasteiger partial charge < -0.3 is 10.6 Å². The average molecular weight is 475 g/mol. The third kappa shape index (κ3) is 5.17. The van der Waals surface area contributed by atoms with Crippen LogP contribution in [0.1, 0.15) is 20.7 Å². The fraction of sp³-hybridized carbons (Fsp3) is 0. The van der Waals surface area contributed by atoms with E-state index in [1.54, 1.807) is 0 Å². The summed E-state index contributed by atoms with van der Waals surface area (Å²) in [7, 11) is 0. The van der Waals surface area contributed by atoms with Crippen LogP contribution in [0.15, 0.2) is 60.7 Å². The molecule has 0 aliphatic carbocycles. The molecule has 0 fully saturated rings. The second kappa shape index (κ2) is 9.41. The Bertz CT molecular complexity index is 1150. The van der Waals surface area contributed by atoms with Crippen LogP contribution in [-0.2, 0) is 0 Å². The van der Waals surface area contributed by atoms with Gasteiger partial charge in [-0.15, -0.1) is 0 Å². The third-order valence-corrected chi connectivity index (χ3v) is 4.67. The van der Waals surface area contributed by atoms with Crippen molar-refractivity contribution < 1.29 is 19.4 Å². The number of benzene rings is 3. The van der Waals surface area contributed by atoms with Crippen LogP contribution in [0.4, 0.5) is 22.7 Å². The number of halogens is 2. The Balaban J connectivity index is 1.74. The molecular formula is C20H12Cl2N4O6. The summed E-state index contributed by atoms with van der Waals surface area (Å²) in [5.41, 5.74) is -0.630. The molecule has 12 heteroatoms. The zero-order chi connectivity index (χ0) is 23.4. The maximum Gasteiger partial charge on any atom is 0.283 e. The quantitative estimate of drug-likeness (QED) is 0.365. The molecule has 2 amide bonds. The first-order valence-electron chi connectivity index (χ1n) is 8.76. The first kappa shape index (κ1) is 22.7. The number of amides is 2. The van der Waals surface area contributed by atoms with E-state index in [4.69, 9.17) is 23.2 Å². The Morgan fingerprint density at radius 1 is 0.656 bits per heavy atom. The molecule has 0 atom stereocenters. The first-order valence-corrected chi connectivity index (χ1v) is 9.52. The van der Waals surface area contributed by atoms with Crippen LogP contribution in [0.5, 0.6) is 0 Å². The number of hydrogen-bond acceptors (Lipinski definition) is 6. The molecule has 2 N–H and O–H groups in total. The highest BCUT2D eigenvalue weighted by molar-refractivity contribution is 6.31. The minimum absolute atomic E-state index is 0.120. The van der Waals surface area contributed by atoms with Gasteiger partial charge in [-0.2, -0.15) is 0 Å². The van der Waals surface area contributed by atoms with Crippen LogP contribution < -0.4 is 10.6 Å². The molecule has 3 rings (SSSR count). The van der Waals surface area contributed by atoms with E-state index in [-0.39, 0.29) is 21.2 Å². The molecule has 0 bridgehead atoms. The second-order valence-corrected chi connectivity index (χ2v) is 7.20. The highest BCUT2D eigenvalue weighted by Crippen LogP contribution is 2.26. The molecule has 0 aliphatic rings. The van der Waals surface area contributed by atoms with Crippen molar-refractivity contribution in [2.75, 3.05) is 10.6 Å². The Kier molecular flexibility index (Phi) is 6.67. The minimum Gasteiger partial charge on any atom is -0.322 e. The van der Waals surface area contributed by atoms with E-state index in [2.05, 4.69) is 10.6 Å². The van der Waals surface area contributed by atoms with Crippen molar-refractivity contribution in [1.29, 1.82) is 0 Å². The molecule has 0 radical (unpaired) electrons. The summed E-state index contributed by atoms with van der Waals surface area (Å²) in [5, 5.41) is 27.6. The second-order valence-electron chi connectivity index (χ2n) is 6.32. The van der Waals surface area contributed by atoms with E-state index in [1.165, 1.54) is 48.5 Å². The van der Waals surface area contributed by atoms with Crippen molar-refractivity contribution in [1.82, 2.24) is 0 Å². The predicted octanol–water partition coefficient (Wildman–Crippen LogP) is 5.31. The number of nitro groups is 2. The van der Waals surface area contributed by atoms with Crippen LogP contribution in [0.25, 0.3) is 0 Å². The van der Waals surface area contributed by atoms with Crippen molar-refractivity contribution in [3.63, 3.8) is 0 Å². The standard InChI is InChI=1S/C20H12Cl2N4O6/c21-11-1-7-15(17(9-11)25(29)30)19(27)23-13-3-5-14(6-4-13)24-20(28)16-8-2-12(22)10-18(16)26(31)32/h1-10H,(H,23,27)(H,24,28). The van der Waals surface area contributed by atoms with Gasteiger partial charge in [0.05, 0.1) is 9.85 Å². The molecule has 162 valence electrons. The molecule has 10 nitrogen and oxygen atoms in total. The fourth-order valence-electron chi connectivity index (χ4n) is 2.73. The number of carbonyl (C=O) groups is 2. The maximum absolute atomic E-state index is 12.4. The Labute approximate surface area is 190 Å². The van der Waals surface area contributed by atoms with Crippen molar-refractivity contribution in [2.45, 2.75) is 0 Å². The smallest absolute Gasteiger partial charge is 0.283 e. The number of nitrogens with one attached hydrogen (secondary N) is 2. The lowest BCUT2D eigenvalue weighted by Gasteiger charge is -2.09. The highest BCUT2D eigenvalue weighted by Gasteiger charge is 2.22. The van der Waals surface area contributed by atoms with Crippen molar-refractivity contribution in [3.05, 3.63) is 102 Å². The van der Waals surface area contributed by atoms with Gasteiger partial charge in [0.2, 0.25) is 0 Å². The topological polar surface area (TPSA) is 144 Å². The maximum atomic E-state index is 12.4. The molecular weight excluding hydrogens is 463 g/mol. The number of nitro benzene ring substituents is 2. The first-order chi connectivity index (χ1) is 15.2. The minimum atomic E-state index is -0.720. The molecule has 0 aromatic heterocycles. The van der Waals surface area contributed by atoms with Crippen LogP contribution in [0, 0.1) is 20.2 Å². The normalized spacial score (nSPS) is 10.3. The van der Waals surface area contributed by atoms with E-state index in [0.29, 0.717) is 11.4 Å². The van der Waals surface area contributed by atoms with Gasteiger partial charge in [0.1, 0.15) is 11.1 Å². The fourth-order valence-corrected chi connectivity index (χ4v) is 3.06. The van der Waals surface area contributed by atoms with E-state index in [0.717, 1.165) is 12.1 Å². The van der Waals surface area contributed by atoms with Crippen LogP contribution in [0.2, 0.25) is 10.0 Å². The van der Waals surface area contributed by atoms with E-state index >= 15 is 0 Å². The summed E-state index contributed by atoms with van der Waals surface area (Å²) in [6, 6.07) is 13.1. The molecule has 0 saturated carbocycles. The predicted molar refractivity (Wildman–Crippen MR) is 119 cm³/mol. The number of rotatable bonds is 6. The lowest BCUT2D eigenvalue weighted by molar-refractivity contribution is -0.385. The van der Waals surface area contributed by atoms with E-state index in [9.17, 15) is 29.8 Å². The third-order valence-electron chi connectivity index (χ3n) is 4.20. The average Bonchev–Trinajstić information content (AvgIpc) is 2.74. The van der Waals surface area contributed by atoms with Gasteiger partial charge in [0, 0.05) is 33.6 Å². The number of anilines is 2. The number of carbonyl (C=O) groups excluding carboxylic acids is 2. The Morgan fingerprint density at radius 3 is 1.31 bits per heavy atom. The number of nitrogens with zero attached hydrogens (tertiary/aromatic N) is 2. The molecule has 0 aliphatic heterocycles. The molecule has 0 saturated heterocycles. The monoisotopic (exact) mass is 474 g/mol. The van der Waals surface area contributed by atoms with Gasteiger partial charge in [-0.05, 0) is 48.5 Å². The van der Waals surface area contributed by atoms with Crippen molar-refractivity contribution >= 4 is 57.8 Å². The molecule has 0 unspecified atom stereocenters. The summed E-state index contributed by atoms with van der Waals surface area (Å²) in [5.74, 6) is -1.44. The molecule has 3 aromatic rings. The SMILES string of the molecule is O=C(Nc1ccc(NC(=O)c2ccc(Cl)cc2[N+](=O)[O-])cc1)c1ccc(Cl)cc1[N+](=O)[O-]. The Hall–Kier alpha value is -4.02. The van der Waals surface area contributed by atoms with E-state index in [1.807, 2.05) is 0 Å². The van der Waals surface area contributed by atoms with Gasteiger partial charge >= 0.3 is 0 Å². The van der Waals surface area contributed by atoms with E-state index < -0.39 is 33.0 Å². The van der Waals surface area contributed by atoms with Gasteiger partial charge in [-0.1, -0.05) is 23.2 Å². The van der Waals surface area contributed by atoms with Gasteiger partial charge in [0.15, 0.2) is 0 Å². The Morgan fingerprint density at radius 2 is 1.00 bits per heavy atom. The molecule has 0 heterocycles. The largest absolute Gasteiger partial charge is 0.322 e. The van der Waals surface area contributed by atoms with Gasteiger partial charge in [-0.25, -0.2) is 0 Å². The summed E-state index contributed by atoms with van der Waals surface area (Å²) in [6.45, 7) is 0. The molecule has 3 aromatic carbocycles.